The van der Waals surface area contributed by atoms with Crippen LogP contribution in [0.25, 0.3) is 33.0 Å². The Hall–Kier alpha value is -2.34. The number of rotatable bonds is 3. The summed E-state index contributed by atoms with van der Waals surface area (Å²) in [5.74, 6) is 0. The minimum absolute atomic E-state index is 0. The molecule has 6 rings (SSSR count). The van der Waals surface area contributed by atoms with Crippen LogP contribution in [-0.2, 0) is 6.42 Å². The van der Waals surface area contributed by atoms with Gasteiger partial charge in [-0.15, -0.1) is 0 Å². The number of benzene rings is 2. The largest absolute Gasteiger partial charge is 1.00 e. The number of anilines is 1. The Labute approximate surface area is 193 Å². The zero-order valence-corrected chi connectivity index (χ0v) is 19.5. The van der Waals surface area contributed by atoms with Crippen LogP contribution in [0.2, 0.25) is 0 Å². The molecule has 3 aromatic heterocycles. The third-order valence-corrected chi connectivity index (χ3v) is 6.45. The highest BCUT2D eigenvalue weighted by molar-refractivity contribution is 5.87. The van der Waals surface area contributed by atoms with E-state index in [4.69, 9.17) is 0 Å². The average molecular weight is 507 g/mol. The Morgan fingerprint density at radius 1 is 0.867 bits per heavy atom. The molecule has 0 N–H and O–H groups in total. The molecule has 0 radical (unpaired) electrons. The summed E-state index contributed by atoms with van der Waals surface area (Å²) in [5, 5.41) is 2.61. The van der Waals surface area contributed by atoms with Crippen LogP contribution in [-0.4, -0.2) is 17.5 Å². The first-order valence-corrected chi connectivity index (χ1v) is 10.9. The van der Waals surface area contributed by atoms with E-state index in [1.165, 1.54) is 76.6 Å². The molecule has 0 atom stereocenters. The van der Waals surface area contributed by atoms with Crippen LogP contribution in [0.5, 0.6) is 0 Å². The van der Waals surface area contributed by atoms with Crippen molar-refractivity contribution in [1.29, 1.82) is 0 Å². The minimum atomic E-state index is 0. The lowest BCUT2D eigenvalue weighted by Crippen LogP contribution is -3.00. The molecule has 0 amide bonds. The number of hydrogen-bond donors (Lipinski definition) is 0. The Kier molecular flexibility index (Phi) is 5.05. The van der Waals surface area contributed by atoms with Gasteiger partial charge in [-0.2, -0.15) is 8.80 Å². The van der Waals surface area contributed by atoms with E-state index in [-0.39, 0.29) is 24.0 Å². The average Bonchev–Trinajstić information content (AvgIpc) is 3.41. The fourth-order valence-electron chi connectivity index (χ4n) is 5.02. The number of pyridine rings is 2. The molecule has 5 aromatic rings. The van der Waals surface area contributed by atoms with Gasteiger partial charge in [0.05, 0.1) is 0 Å². The van der Waals surface area contributed by atoms with Gasteiger partial charge in [0.1, 0.15) is 17.2 Å². The maximum Gasteiger partial charge on any atom is 0.292 e. The summed E-state index contributed by atoms with van der Waals surface area (Å²) in [4.78, 5) is 2.51. The molecular formula is C26H26IN3. The number of aromatic nitrogens is 2. The highest BCUT2D eigenvalue weighted by atomic mass is 127. The summed E-state index contributed by atoms with van der Waals surface area (Å²) in [5.41, 5.74) is 7.77. The first kappa shape index (κ1) is 19.6. The van der Waals surface area contributed by atoms with E-state index in [2.05, 4.69) is 87.5 Å². The van der Waals surface area contributed by atoms with Crippen LogP contribution >= 0.6 is 0 Å². The lowest BCUT2D eigenvalue weighted by molar-refractivity contribution is -0.479. The monoisotopic (exact) mass is 507 g/mol. The van der Waals surface area contributed by atoms with Crippen molar-refractivity contribution in [1.82, 2.24) is 4.40 Å². The molecule has 0 spiro atoms. The smallest absolute Gasteiger partial charge is 0.292 e. The number of fused-ring (bicyclic) bond motifs is 7. The Balaban J connectivity index is 0.00000193. The van der Waals surface area contributed by atoms with Crippen molar-refractivity contribution in [2.45, 2.75) is 32.6 Å². The standard InChI is InChI=1S/C26H26N3.HI/c1-2-5-19-6-11-25-20(16-19)7-9-23-18-28-24-12-10-22(27-14-3-4-15-27)17-21(24)8-13-26(28)29(23)25;/h6-13,16-18H,2-5,14-15H2,1H3;1H/q+1;/p-1. The topological polar surface area (TPSA) is 11.8 Å². The molecule has 1 saturated heterocycles. The zero-order chi connectivity index (χ0) is 19.4. The molecule has 4 heteroatoms. The molecule has 1 aliphatic heterocycles. The Morgan fingerprint density at radius 3 is 2.53 bits per heavy atom. The quantitative estimate of drug-likeness (QED) is 0.270. The van der Waals surface area contributed by atoms with E-state index in [0.717, 1.165) is 6.42 Å². The molecule has 0 aliphatic carbocycles. The van der Waals surface area contributed by atoms with Gasteiger partial charge in [-0.25, -0.2) is 0 Å². The third kappa shape index (κ3) is 3.04. The van der Waals surface area contributed by atoms with Crippen LogP contribution in [0.15, 0.2) is 66.9 Å². The van der Waals surface area contributed by atoms with E-state index < -0.39 is 0 Å². The summed E-state index contributed by atoms with van der Waals surface area (Å²) in [6, 6.07) is 22.9. The van der Waals surface area contributed by atoms with Gasteiger partial charge >= 0.3 is 0 Å². The van der Waals surface area contributed by atoms with Gasteiger partial charge in [0, 0.05) is 35.6 Å². The van der Waals surface area contributed by atoms with Crippen molar-refractivity contribution < 1.29 is 28.4 Å². The number of hydrogen-bond acceptors (Lipinski definition) is 1. The predicted octanol–water partition coefficient (Wildman–Crippen LogP) is 2.54. The van der Waals surface area contributed by atoms with Crippen LogP contribution in [0.1, 0.15) is 31.7 Å². The predicted molar refractivity (Wildman–Crippen MR) is 121 cm³/mol. The first-order valence-electron chi connectivity index (χ1n) is 10.9. The van der Waals surface area contributed by atoms with Gasteiger partial charge in [-0.05, 0) is 73.4 Å². The maximum atomic E-state index is 2.51. The first-order chi connectivity index (χ1) is 14.3. The van der Waals surface area contributed by atoms with Crippen LogP contribution < -0.4 is 33.3 Å². The van der Waals surface area contributed by atoms with Gasteiger partial charge in [-0.1, -0.05) is 19.4 Å². The van der Waals surface area contributed by atoms with Crippen molar-refractivity contribution in [2.75, 3.05) is 18.0 Å². The lowest BCUT2D eigenvalue weighted by Gasteiger charge is -2.17. The zero-order valence-electron chi connectivity index (χ0n) is 17.3. The third-order valence-electron chi connectivity index (χ3n) is 6.45. The molecular weight excluding hydrogens is 481 g/mol. The molecule has 2 aromatic carbocycles. The van der Waals surface area contributed by atoms with Gasteiger partial charge in [-0.3, -0.25) is 0 Å². The molecule has 30 heavy (non-hydrogen) atoms. The van der Waals surface area contributed by atoms with Crippen molar-refractivity contribution in [3.8, 4) is 0 Å². The SMILES string of the molecule is CCCc1ccc2c(ccc3c[n+]4c5ccc(N6CCCC6)cc5ccc4n32)c1.[I-]. The molecule has 1 fully saturated rings. The highest BCUT2D eigenvalue weighted by Crippen LogP contribution is 2.26. The number of halogens is 1. The molecule has 3 nitrogen and oxygen atoms in total. The highest BCUT2D eigenvalue weighted by Gasteiger charge is 2.18. The van der Waals surface area contributed by atoms with Gasteiger partial charge in [0.25, 0.3) is 5.65 Å². The number of imidazole rings is 1. The fraction of sp³-hybridized carbons (Fsp3) is 0.269. The van der Waals surface area contributed by atoms with Crippen molar-refractivity contribution >= 4 is 38.7 Å². The Bertz CT molecular complexity index is 1380. The summed E-state index contributed by atoms with van der Waals surface area (Å²) in [6.07, 6.45) is 7.21. The second-order valence-corrected chi connectivity index (χ2v) is 8.36. The Morgan fingerprint density at radius 2 is 1.70 bits per heavy atom. The van der Waals surface area contributed by atoms with E-state index in [9.17, 15) is 0 Å². The van der Waals surface area contributed by atoms with Crippen molar-refractivity contribution in [3.63, 3.8) is 0 Å². The summed E-state index contributed by atoms with van der Waals surface area (Å²) in [7, 11) is 0. The van der Waals surface area contributed by atoms with Gasteiger partial charge in [0.15, 0.2) is 5.52 Å². The minimum Gasteiger partial charge on any atom is -1.00 e. The number of nitrogens with zero attached hydrogens (tertiary/aromatic N) is 3. The molecule has 152 valence electrons. The van der Waals surface area contributed by atoms with Crippen LogP contribution in [0, 0.1) is 0 Å². The second kappa shape index (κ2) is 7.73. The summed E-state index contributed by atoms with van der Waals surface area (Å²) < 4.78 is 4.73. The van der Waals surface area contributed by atoms with Crippen molar-refractivity contribution in [3.05, 3.63) is 72.4 Å². The normalized spacial score (nSPS) is 14.2. The molecule has 0 bridgehead atoms. The number of aryl methyl sites for hydroxylation is 1. The van der Waals surface area contributed by atoms with Crippen molar-refractivity contribution in [2.24, 2.45) is 0 Å². The maximum absolute atomic E-state index is 2.51. The van der Waals surface area contributed by atoms with E-state index in [1.54, 1.807) is 0 Å². The van der Waals surface area contributed by atoms with Crippen LogP contribution in [0.3, 0.4) is 0 Å². The summed E-state index contributed by atoms with van der Waals surface area (Å²) >= 11 is 0. The van der Waals surface area contributed by atoms with Gasteiger partial charge in [0.2, 0.25) is 0 Å². The molecule has 0 saturated carbocycles. The lowest BCUT2D eigenvalue weighted by atomic mass is 10.1. The molecule has 0 unspecified atom stereocenters. The summed E-state index contributed by atoms with van der Waals surface area (Å²) in [6.45, 7) is 4.61. The van der Waals surface area contributed by atoms with E-state index in [1.807, 2.05) is 0 Å². The van der Waals surface area contributed by atoms with E-state index >= 15 is 0 Å². The molecule has 4 heterocycles. The van der Waals surface area contributed by atoms with Gasteiger partial charge < -0.3 is 28.9 Å². The fourth-order valence-corrected chi connectivity index (χ4v) is 5.02. The molecule has 1 aliphatic rings. The van der Waals surface area contributed by atoms with E-state index in [0.29, 0.717) is 0 Å². The van der Waals surface area contributed by atoms with Crippen LogP contribution in [0.4, 0.5) is 5.69 Å². The second-order valence-electron chi connectivity index (χ2n) is 8.36.